The number of rotatable bonds is 4. The number of ether oxygens (including phenoxy) is 2. The van der Waals surface area contributed by atoms with Crippen molar-refractivity contribution in [2.75, 3.05) is 13.2 Å². The summed E-state index contributed by atoms with van der Waals surface area (Å²) < 4.78 is 9.93. The average Bonchev–Trinajstić information content (AvgIpc) is 1.96. The second-order valence-corrected chi connectivity index (χ2v) is 3.71. The van der Waals surface area contributed by atoms with Crippen molar-refractivity contribution in [3.05, 3.63) is 6.92 Å². The average molecular weight is 188 g/mol. The molecule has 4 heteroatoms. The molecule has 0 amide bonds. The van der Waals surface area contributed by atoms with Crippen molar-refractivity contribution in [1.82, 2.24) is 0 Å². The Morgan fingerprint density at radius 3 is 2.46 bits per heavy atom. The Labute approximate surface area is 79.4 Å². The summed E-state index contributed by atoms with van der Waals surface area (Å²) in [4.78, 5) is 11.2. The molecule has 77 valence electrons. The fourth-order valence-electron chi connectivity index (χ4n) is 0.656. The normalized spacial score (nSPS) is 13.9. The van der Waals surface area contributed by atoms with Crippen molar-refractivity contribution < 1.29 is 14.3 Å². The summed E-state index contributed by atoms with van der Waals surface area (Å²) in [6.45, 7) is 9.29. The highest BCUT2D eigenvalue weighted by atomic mass is 16.6. The molecule has 0 saturated carbocycles. The quantitative estimate of drug-likeness (QED) is 0.653. The summed E-state index contributed by atoms with van der Waals surface area (Å²) in [6.07, 6.45) is 0. The molecule has 1 radical (unpaired) electrons. The van der Waals surface area contributed by atoms with Gasteiger partial charge in [0, 0.05) is 6.61 Å². The maximum absolute atomic E-state index is 11.2. The highest BCUT2D eigenvalue weighted by Crippen LogP contribution is 2.07. The molecule has 1 atom stereocenters. The highest BCUT2D eigenvalue weighted by molar-refractivity contribution is 5.76. The van der Waals surface area contributed by atoms with E-state index in [1.165, 1.54) is 0 Å². The molecule has 0 bridgehead atoms. The second kappa shape index (κ2) is 5.19. The molecule has 4 nitrogen and oxygen atoms in total. The first-order chi connectivity index (χ1) is 5.87. The molecule has 0 aliphatic heterocycles. The lowest BCUT2D eigenvalue weighted by molar-refractivity contribution is -0.157. The topological polar surface area (TPSA) is 61.5 Å². The van der Waals surface area contributed by atoms with Gasteiger partial charge in [0.1, 0.15) is 11.6 Å². The van der Waals surface area contributed by atoms with E-state index in [0.717, 1.165) is 0 Å². The van der Waals surface area contributed by atoms with Crippen LogP contribution in [0.5, 0.6) is 0 Å². The van der Waals surface area contributed by atoms with Crippen molar-refractivity contribution in [1.29, 1.82) is 0 Å². The van der Waals surface area contributed by atoms with Gasteiger partial charge in [-0.25, -0.2) is 0 Å². The number of nitrogens with two attached hydrogens (primary N) is 1. The Balaban J connectivity index is 3.83. The minimum atomic E-state index is -0.721. The van der Waals surface area contributed by atoms with Crippen LogP contribution in [-0.4, -0.2) is 30.8 Å². The maximum Gasteiger partial charge on any atom is 0.325 e. The first-order valence-corrected chi connectivity index (χ1v) is 4.22. The third kappa shape index (κ3) is 6.54. The van der Waals surface area contributed by atoms with E-state index in [-0.39, 0.29) is 6.61 Å². The maximum atomic E-state index is 11.2. The van der Waals surface area contributed by atoms with Gasteiger partial charge in [-0.15, -0.1) is 0 Å². The molecular weight excluding hydrogens is 170 g/mol. The van der Waals surface area contributed by atoms with Crippen LogP contribution in [0.1, 0.15) is 20.8 Å². The predicted octanol–water partition coefficient (Wildman–Crippen LogP) is 0.506. The Morgan fingerprint density at radius 1 is 1.54 bits per heavy atom. The number of carbonyl (C=O) groups is 1. The number of hydrogen-bond donors (Lipinski definition) is 1. The van der Waals surface area contributed by atoms with Gasteiger partial charge >= 0.3 is 5.97 Å². The van der Waals surface area contributed by atoms with Gasteiger partial charge in [0.15, 0.2) is 0 Å². The van der Waals surface area contributed by atoms with Crippen LogP contribution in [0.25, 0.3) is 0 Å². The summed E-state index contributed by atoms with van der Waals surface area (Å²) in [5.74, 6) is -0.444. The Hall–Kier alpha value is -0.610. The fraction of sp³-hybridized carbons (Fsp3) is 0.778. The van der Waals surface area contributed by atoms with E-state index in [1.807, 2.05) is 0 Å². The molecule has 0 fully saturated rings. The molecule has 0 spiro atoms. The zero-order chi connectivity index (χ0) is 10.5. The lowest BCUT2D eigenvalue weighted by Gasteiger charge is -2.21. The van der Waals surface area contributed by atoms with Crippen LogP contribution in [0.15, 0.2) is 0 Å². The molecule has 0 aliphatic rings. The molecule has 13 heavy (non-hydrogen) atoms. The number of esters is 1. The lowest BCUT2D eigenvalue weighted by Crippen LogP contribution is -2.40. The van der Waals surface area contributed by atoms with Gasteiger partial charge in [0.25, 0.3) is 0 Å². The second-order valence-electron chi connectivity index (χ2n) is 3.71. The SMILES string of the molecule is [CH2]COCC(N)C(=O)OC(C)(C)C. The Bertz CT molecular complexity index is 163. The van der Waals surface area contributed by atoms with Gasteiger partial charge in [-0.2, -0.15) is 0 Å². The molecule has 0 aromatic carbocycles. The Morgan fingerprint density at radius 2 is 2.08 bits per heavy atom. The van der Waals surface area contributed by atoms with Crippen LogP contribution < -0.4 is 5.73 Å². The van der Waals surface area contributed by atoms with Crippen LogP contribution in [0.2, 0.25) is 0 Å². The van der Waals surface area contributed by atoms with Gasteiger partial charge < -0.3 is 15.2 Å². The summed E-state index contributed by atoms with van der Waals surface area (Å²) >= 11 is 0. The summed E-state index contributed by atoms with van der Waals surface area (Å²) in [7, 11) is 0. The van der Waals surface area contributed by atoms with E-state index in [2.05, 4.69) is 6.92 Å². The van der Waals surface area contributed by atoms with Gasteiger partial charge in [-0.05, 0) is 27.7 Å². The largest absolute Gasteiger partial charge is 0.459 e. The minimum absolute atomic E-state index is 0.151. The summed E-state index contributed by atoms with van der Waals surface area (Å²) in [5.41, 5.74) is 4.98. The van der Waals surface area contributed by atoms with Crippen molar-refractivity contribution >= 4 is 5.97 Å². The van der Waals surface area contributed by atoms with E-state index < -0.39 is 17.6 Å². The van der Waals surface area contributed by atoms with Crippen LogP contribution in [0.4, 0.5) is 0 Å². The molecule has 0 aromatic rings. The van der Waals surface area contributed by atoms with Crippen LogP contribution >= 0.6 is 0 Å². The van der Waals surface area contributed by atoms with Crippen LogP contribution in [0, 0.1) is 6.92 Å². The molecule has 1 unspecified atom stereocenters. The first-order valence-electron chi connectivity index (χ1n) is 4.22. The van der Waals surface area contributed by atoms with Gasteiger partial charge in [-0.1, -0.05) is 0 Å². The molecule has 0 saturated heterocycles. The highest BCUT2D eigenvalue weighted by Gasteiger charge is 2.21. The standard InChI is InChI=1S/C9H18NO3/c1-5-12-6-7(10)8(11)13-9(2,3)4/h7H,1,5-6,10H2,2-4H3. The summed E-state index contributed by atoms with van der Waals surface area (Å²) in [6, 6.07) is -0.721. The third-order valence-corrected chi connectivity index (χ3v) is 1.15. The molecule has 0 aromatic heterocycles. The third-order valence-electron chi connectivity index (χ3n) is 1.15. The van der Waals surface area contributed by atoms with Gasteiger partial charge in [0.2, 0.25) is 0 Å². The molecule has 0 heterocycles. The van der Waals surface area contributed by atoms with Crippen molar-refractivity contribution in [3.63, 3.8) is 0 Å². The van der Waals surface area contributed by atoms with Gasteiger partial charge in [0.05, 0.1) is 6.61 Å². The van der Waals surface area contributed by atoms with Crippen molar-refractivity contribution in [3.8, 4) is 0 Å². The van der Waals surface area contributed by atoms with Crippen LogP contribution in [0.3, 0.4) is 0 Å². The molecular formula is C9H18NO3. The van der Waals surface area contributed by atoms with Gasteiger partial charge in [-0.3, -0.25) is 4.79 Å². The fourth-order valence-corrected chi connectivity index (χ4v) is 0.656. The van der Waals surface area contributed by atoms with Crippen molar-refractivity contribution in [2.24, 2.45) is 5.73 Å². The monoisotopic (exact) mass is 188 g/mol. The smallest absolute Gasteiger partial charge is 0.325 e. The minimum Gasteiger partial charge on any atom is -0.459 e. The predicted molar refractivity (Wildman–Crippen MR) is 50.0 cm³/mol. The lowest BCUT2D eigenvalue weighted by atomic mass is 10.2. The van der Waals surface area contributed by atoms with Crippen molar-refractivity contribution in [2.45, 2.75) is 32.4 Å². The van der Waals surface area contributed by atoms with E-state index >= 15 is 0 Å². The number of hydrogen-bond acceptors (Lipinski definition) is 4. The first kappa shape index (κ1) is 12.4. The zero-order valence-corrected chi connectivity index (χ0v) is 8.50. The van der Waals surface area contributed by atoms with E-state index in [9.17, 15) is 4.79 Å². The summed E-state index contributed by atoms with van der Waals surface area (Å²) in [5, 5.41) is 0. The van der Waals surface area contributed by atoms with E-state index in [4.69, 9.17) is 15.2 Å². The van der Waals surface area contributed by atoms with Crippen LogP contribution in [-0.2, 0) is 14.3 Å². The molecule has 0 aliphatic carbocycles. The molecule has 2 N–H and O–H groups in total. The Kier molecular flexibility index (Phi) is 4.95. The molecule has 0 rings (SSSR count). The van der Waals surface area contributed by atoms with E-state index in [1.54, 1.807) is 20.8 Å². The number of carbonyl (C=O) groups excluding carboxylic acids is 1. The van der Waals surface area contributed by atoms with E-state index in [0.29, 0.717) is 6.61 Å². The zero-order valence-electron chi connectivity index (χ0n) is 8.50.